The van der Waals surface area contributed by atoms with Crippen LogP contribution in [0, 0.1) is 0 Å². The van der Waals surface area contributed by atoms with Crippen molar-refractivity contribution in [3.8, 4) is 0 Å². The van der Waals surface area contributed by atoms with E-state index in [9.17, 15) is 4.79 Å². The summed E-state index contributed by atoms with van der Waals surface area (Å²) >= 11 is 0. The SMILES string of the molecule is CCC1NCC(CC(=O)O)OC1C. The van der Waals surface area contributed by atoms with Gasteiger partial charge in [0.05, 0.1) is 18.6 Å². The molecule has 1 rings (SSSR count). The number of aliphatic carboxylic acids is 1. The van der Waals surface area contributed by atoms with E-state index in [4.69, 9.17) is 9.84 Å². The zero-order valence-corrected chi connectivity index (χ0v) is 8.12. The van der Waals surface area contributed by atoms with Crippen LogP contribution >= 0.6 is 0 Å². The maximum atomic E-state index is 10.4. The fourth-order valence-electron chi connectivity index (χ4n) is 1.69. The largest absolute Gasteiger partial charge is 0.481 e. The Morgan fingerprint density at radius 3 is 2.85 bits per heavy atom. The highest BCUT2D eigenvalue weighted by atomic mass is 16.5. The first kappa shape index (κ1) is 10.5. The first-order valence-corrected chi connectivity index (χ1v) is 4.74. The summed E-state index contributed by atoms with van der Waals surface area (Å²) in [5.41, 5.74) is 0. The molecule has 1 fully saturated rings. The molecule has 0 aromatic heterocycles. The van der Waals surface area contributed by atoms with Crippen molar-refractivity contribution in [2.75, 3.05) is 6.54 Å². The van der Waals surface area contributed by atoms with Crippen molar-refractivity contribution in [2.45, 2.75) is 44.9 Å². The lowest BCUT2D eigenvalue weighted by atomic mass is 10.1. The molecule has 1 aliphatic heterocycles. The fourth-order valence-corrected chi connectivity index (χ4v) is 1.69. The summed E-state index contributed by atoms with van der Waals surface area (Å²) in [5, 5.41) is 11.9. The summed E-state index contributed by atoms with van der Waals surface area (Å²) in [6, 6.07) is 0.366. The van der Waals surface area contributed by atoms with Crippen molar-refractivity contribution in [3.63, 3.8) is 0 Å². The van der Waals surface area contributed by atoms with Crippen molar-refractivity contribution in [2.24, 2.45) is 0 Å². The molecule has 3 atom stereocenters. The normalized spacial score (nSPS) is 34.5. The quantitative estimate of drug-likeness (QED) is 0.680. The van der Waals surface area contributed by atoms with Crippen molar-refractivity contribution in [1.29, 1.82) is 0 Å². The van der Waals surface area contributed by atoms with Crippen LogP contribution in [-0.2, 0) is 9.53 Å². The molecule has 4 nitrogen and oxygen atoms in total. The van der Waals surface area contributed by atoms with E-state index in [-0.39, 0.29) is 18.6 Å². The number of nitrogens with one attached hydrogen (secondary N) is 1. The zero-order valence-electron chi connectivity index (χ0n) is 8.12. The van der Waals surface area contributed by atoms with Gasteiger partial charge < -0.3 is 15.2 Å². The van der Waals surface area contributed by atoms with Gasteiger partial charge in [-0.05, 0) is 13.3 Å². The number of hydrogen-bond acceptors (Lipinski definition) is 3. The second-order valence-corrected chi connectivity index (χ2v) is 3.48. The summed E-state index contributed by atoms with van der Waals surface area (Å²) < 4.78 is 5.56. The highest BCUT2D eigenvalue weighted by Gasteiger charge is 2.27. The Morgan fingerprint density at radius 2 is 2.38 bits per heavy atom. The minimum atomic E-state index is -0.797. The van der Waals surface area contributed by atoms with Gasteiger partial charge in [0.15, 0.2) is 0 Å². The number of morpholine rings is 1. The predicted molar refractivity (Wildman–Crippen MR) is 48.7 cm³/mol. The van der Waals surface area contributed by atoms with Crippen LogP contribution in [-0.4, -0.2) is 35.9 Å². The van der Waals surface area contributed by atoms with Crippen LogP contribution in [0.25, 0.3) is 0 Å². The lowest BCUT2D eigenvalue weighted by molar-refractivity contribution is -0.143. The molecule has 3 unspecified atom stereocenters. The van der Waals surface area contributed by atoms with Gasteiger partial charge in [0, 0.05) is 12.6 Å². The Labute approximate surface area is 78.3 Å². The minimum absolute atomic E-state index is 0.0910. The molecule has 0 radical (unpaired) electrons. The molecule has 0 aliphatic carbocycles. The van der Waals surface area contributed by atoms with Crippen LogP contribution in [0.4, 0.5) is 0 Å². The topological polar surface area (TPSA) is 58.6 Å². The highest BCUT2D eigenvalue weighted by molar-refractivity contribution is 5.67. The van der Waals surface area contributed by atoms with Gasteiger partial charge in [0.1, 0.15) is 0 Å². The summed E-state index contributed by atoms with van der Waals surface area (Å²) in [6.07, 6.45) is 1.05. The maximum Gasteiger partial charge on any atom is 0.306 e. The van der Waals surface area contributed by atoms with E-state index in [1.54, 1.807) is 0 Å². The van der Waals surface area contributed by atoms with Gasteiger partial charge in [-0.2, -0.15) is 0 Å². The predicted octanol–water partition coefficient (Wildman–Crippen LogP) is 0.617. The lowest BCUT2D eigenvalue weighted by Crippen LogP contribution is -2.51. The van der Waals surface area contributed by atoms with E-state index in [1.165, 1.54) is 0 Å². The average Bonchev–Trinajstić information content (AvgIpc) is 2.03. The number of ether oxygens (including phenoxy) is 1. The Morgan fingerprint density at radius 1 is 1.69 bits per heavy atom. The monoisotopic (exact) mass is 187 g/mol. The molecular formula is C9H17NO3. The summed E-state index contributed by atoms with van der Waals surface area (Å²) in [7, 11) is 0. The molecule has 1 saturated heterocycles. The minimum Gasteiger partial charge on any atom is -0.481 e. The molecule has 76 valence electrons. The molecule has 13 heavy (non-hydrogen) atoms. The van der Waals surface area contributed by atoms with E-state index in [1.807, 2.05) is 6.92 Å². The summed E-state index contributed by atoms with van der Waals surface area (Å²) in [5.74, 6) is -0.797. The third-order valence-electron chi connectivity index (χ3n) is 2.42. The smallest absolute Gasteiger partial charge is 0.306 e. The van der Waals surface area contributed by atoms with Crippen LogP contribution in [0.3, 0.4) is 0 Å². The van der Waals surface area contributed by atoms with Crippen molar-refractivity contribution < 1.29 is 14.6 Å². The van der Waals surface area contributed by atoms with E-state index in [0.717, 1.165) is 6.42 Å². The van der Waals surface area contributed by atoms with Gasteiger partial charge in [-0.1, -0.05) is 6.92 Å². The number of carboxylic acid groups (broad SMARTS) is 1. The second-order valence-electron chi connectivity index (χ2n) is 3.48. The van der Waals surface area contributed by atoms with Crippen molar-refractivity contribution >= 4 is 5.97 Å². The molecule has 0 spiro atoms. The van der Waals surface area contributed by atoms with Gasteiger partial charge in [-0.15, -0.1) is 0 Å². The van der Waals surface area contributed by atoms with Crippen LogP contribution < -0.4 is 5.32 Å². The first-order chi connectivity index (χ1) is 6.13. The Balaban J connectivity index is 2.36. The van der Waals surface area contributed by atoms with E-state index in [0.29, 0.717) is 12.6 Å². The Kier molecular flexibility index (Phi) is 3.69. The third-order valence-corrected chi connectivity index (χ3v) is 2.42. The molecule has 0 aromatic carbocycles. The third kappa shape index (κ3) is 2.97. The first-order valence-electron chi connectivity index (χ1n) is 4.74. The van der Waals surface area contributed by atoms with Crippen LogP contribution in [0.15, 0.2) is 0 Å². The standard InChI is InChI=1S/C9H17NO3/c1-3-8-6(2)13-7(5-10-8)4-9(11)12/h6-8,10H,3-5H2,1-2H3,(H,11,12). The van der Waals surface area contributed by atoms with Gasteiger partial charge in [0.2, 0.25) is 0 Å². The molecule has 1 heterocycles. The zero-order chi connectivity index (χ0) is 9.84. The molecule has 0 aromatic rings. The number of rotatable bonds is 3. The number of hydrogen-bond donors (Lipinski definition) is 2. The van der Waals surface area contributed by atoms with Gasteiger partial charge in [0.25, 0.3) is 0 Å². The van der Waals surface area contributed by atoms with E-state index < -0.39 is 5.97 Å². The Hall–Kier alpha value is -0.610. The van der Waals surface area contributed by atoms with Crippen LogP contribution in [0.2, 0.25) is 0 Å². The average molecular weight is 187 g/mol. The van der Waals surface area contributed by atoms with E-state index >= 15 is 0 Å². The molecule has 0 saturated carbocycles. The van der Waals surface area contributed by atoms with E-state index in [2.05, 4.69) is 12.2 Å². The summed E-state index contributed by atoms with van der Waals surface area (Å²) in [6.45, 7) is 4.72. The van der Waals surface area contributed by atoms with Gasteiger partial charge in [-0.3, -0.25) is 4.79 Å². The van der Waals surface area contributed by atoms with Crippen LogP contribution in [0.1, 0.15) is 26.7 Å². The second kappa shape index (κ2) is 4.58. The number of carbonyl (C=O) groups is 1. The molecule has 2 N–H and O–H groups in total. The van der Waals surface area contributed by atoms with Crippen molar-refractivity contribution in [3.05, 3.63) is 0 Å². The summed E-state index contributed by atoms with van der Waals surface area (Å²) in [4.78, 5) is 10.4. The fraction of sp³-hybridized carbons (Fsp3) is 0.889. The maximum absolute atomic E-state index is 10.4. The highest BCUT2D eigenvalue weighted by Crippen LogP contribution is 2.13. The Bertz CT molecular complexity index is 184. The molecule has 0 amide bonds. The van der Waals surface area contributed by atoms with Crippen molar-refractivity contribution in [1.82, 2.24) is 5.32 Å². The number of carboxylic acids is 1. The van der Waals surface area contributed by atoms with Crippen LogP contribution in [0.5, 0.6) is 0 Å². The van der Waals surface area contributed by atoms with Gasteiger partial charge in [-0.25, -0.2) is 0 Å². The molecule has 1 aliphatic rings. The molecular weight excluding hydrogens is 170 g/mol. The molecule has 4 heteroatoms. The lowest BCUT2D eigenvalue weighted by Gasteiger charge is -2.34. The van der Waals surface area contributed by atoms with Gasteiger partial charge >= 0.3 is 5.97 Å². The molecule has 0 bridgehead atoms.